The molecular weight excluding hydrogens is 360 g/mol. The van der Waals surface area contributed by atoms with E-state index in [1.165, 1.54) is 32.5 Å². The lowest BCUT2D eigenvalue weighted by Gasteiger charge is -2.11. The second kappa shape index (κ2) is 6.31. The van der Waals surface area contributed by atoms with Crippen molar-refractivity contribution in [3.8, 4) is 11.6 Å². The minimum absolute atomic E-state index is 0.116. The Bertz CT molecular complexity index is 732. The largest absolute Gasteiger partial charge is 0.497 e. The number of hydrogen-bond donors (Lipinski definition) is 1. The number of pyridine rings is 1. The molecular formula is C13H13BrN2O4S. The number of ether oxygens (including phenoxy) is 2. The molecule has 1 N–H and O–H groups in total. The van der Waals surface area contributed by atoms with E-state index in [0.29, 0.717) is 10.2 Å². The third kappa shape index (κ3) is 3.64. The molecule has 0 radical (unpaired) electrons. The van der Waals surface area contributed by atoms with E-state index < -0.39 is 10.0 Å². The van der Waals surface area contributed by atoms with Crippen LogP contribution in [0.15, 0.2) is 45.9 Å². The summed E-state index contributed by atoms with van der Waals surface area (Å²) in [5.41, 5.74) is 0.252. The van der Waals surface area contributed by atoms with Crippen molar-refractivity contribution < 1.29 is 17.9 Å². The van der Waals surface area contributed by atoms with E-state index in [1.807, 2.05) is 0 Å². The van der Waals surface area contributed by atoms with Crippen molar-refractivity contribution in [3.05, 3.63) is 41.0 Å². The van der Waals surface area contributed by atoms with Crippen LogP contribution < -0.4 is 14.2 Å². The molecule has 2 rings (SSSR count). The van der Waals surface area contributed by atoms with E-state index in [2.05, 4.69) is 25.6 Å². The van der Waals surface area contributed by atoms with Crippen molar-refractivity contribution in [2.24, 2.45) is 0 Å². The molecule has 112 valence electrons. The van der Waals surface area contributed by atoms with E-state index >= 15 is 0 Å². The van der Waals surface area contributed by atoms with Gasteiger partial charge in [0.15, 0.2) is 0 Å². The molecule has 0 spiro atoms. The molecule has 0 atom stereocenters. The summed E-state index contributed by atoms with van der Waals surface area (Å²) < 4.78 is 37.8. The summed E-state index contributed by atoms with van der Waals surface area (Å²) in [5, 5.41) is 0. The zero-order chi connectivity index (χ0) is 15.5. The average molecular weight is 373 g/mol. The lowest BCUT2D eigenvalue weighted by Crippen LogP contribution is -2.14. The predicted molar refractivity (Wildman–Crippen MR) is 82.3 cm³/mol. The van der Waals surface area contributed by atoms with E-state index in [-0.39, 0.29) is 16.5 Å². The highest BCUT2D eigenvalue weighted by atomic mass is 79.9. The van der Waals surface area contributed by atoms with Crippen molar-refractivity contribution in [2.45, 2.75) is 4.90 Å². The van der Waals surface area contributed by atoms with Gasteiger partial charge < -0.3 is 9.47 Å². The Morgan fingerprint density at radius 2 is 1.81 bits per heavy atom. The number of nitrogens with one attached hydrogen (secondary N) is 1. The van der Waals surface area contributed by atoms with Crippen LogP contribution in [-0.2, 0) is 10.0 Å². The van der Waals surface area contributed by atoms with Gasteiger partial charge in [-0.1, -0.05) is 0 Å². The molecule has 0 aliphatic heterocycles. The molecule has 0 aliphatic rings. The summed E-state index contributed by atoms with van der Waals surface area (Å²) in [5.74, 6) is 0.769. The van der Waals surface area contributed by atoms with Gasteiger partial charge >= 0.3 is 0 Å². The molecule has 0 aliphatic carbocycles. The SMILES string of the molecule is COc1ccc(S(=O)(=O)Nc2cc(Br)cnc2OC)cc1. The number of methoxy groups -OCH3 is 2. The van der Waals surface area contributed by atoms with Gasteiger partial charge in [0.1, 0.15) is 11.4 Å². The number of nitrogens with zero attached hydrogens (tertiary/aromatic N) is 1. The summed E-state index contributed by atoms with van der Waals surface area (Å²) >= 11 is 3.24. The van der Waals surface area contributed by atoms with Crippen LogP contribution in [0.2, 0.25) is 0 Å². The molecule has 6 nitrogen and oxygen atoms in total. The maximum atomic E-state index is 12.3. The van der Waals surface area contributed by atoms with Crippen LogP contribution >= 0.6 is 15.9 Å². The topological polar surface area (TPSA) is 77.5 Å². The smallest absolute Gasteiger partial charge is 0.262 e. The average Bonchev–Trinajstić information content (AvgIpc) is 2.47. The Balaban J connectivity index is 2.34. The summed E-state index contributed by atoms with van der Waals surface area (Å²) in [6, 6.07) is 7.64. The third-order valence-electron chi connectivity index (χ3n) is 2.63. The number of anilines is 1. The zero-order valence-corrected chi connectivity index (χ0v) is 13.7. The Morgan fingerprint density at radius 1 is 1.14 bits per heavy atom. The first-order chi connectivity index (χ1) is 9.96. The van der Waals surface area contributed by atoms with Gasteiger partial charge in [-0.3, -0.25) is 4.72 Å². The van der Waals surface area contributed by atoms with Crippen molar-refractivity contribution >= 4 is 31.6 Å². The lowest BCUT2D eigenvalue weighted by molar-refractivity contribution is 0.400. The van der Waals surface area contributed by atoms with Crippen molar-refractivity contribution in [3.63, 3.8) is 0 Å². The normalized spacial score (nSPS) is 11.0. The second-order valence-corrected chi connectivity index (χ2v) is 6.59. The molecule has 0 bridgehead atoms. The number of sulfonamides is 1. The molecule has 1 aromatic heterocycles. The van der Waals surface area contributed by atoms with Crippen LogP contribution in [0.3, 0.4) is 0 Å². The Morgan fingerprint density at radius 3 is 2.38 bits per heavy atom. The first-order valence-corrected chi connectivity index (χ1v) is 8.10. The lowest BCUT2D eigenvalue weighted by atomic mass is 10.3. The summed E-state index contributed by atoms with van der Waals surface area (Å²) in [6.07, 6.45) is 1.52. The summed E-state index contributed by atoms with van der Waals surface area (Å²) in [7, 11) is -0.802. The molecule has 0 amide bonds. The summed E-state index contributed by atoms with van der Waals surface area (Å²) in [6.45, 7) is 0. The highest BCUT2D eigenvalue weighted by Crippen LogP contribution is 2.27. The standard InChI is InChI=1S/C13H13BrN2O4S/c1-19-10-3-5-11(6-4-10)21(17,18)16-12-7-9(14)8-15-13(12)20-2/h3-8,16H,1-2H3. The molecule has 1 heterocycles. The molecule has 0 saturated heterocycles. The van der Waals surface area contributed by atoms with Crippen molar-refractivity contribution in [1.82, 2.24) is 4.98 Å². The molecule has 0 fully saturated rings. The molecule has 0 unspecified atom stereocenters. The van der Waals surface area contributed by atoms with Gasteiger partial charge in [-0.05, 0) is 46.3 Å². The number of rotatable bonds is 5. The van der Waals surface area contributed by atoms with Gasteiger partial charge in [0.05, 0.1) is 19.1 Å². The van der Waals surface area contributed by atoms with Gasteiger partial charge in [0.2, 0.25) is 5.88 Å². The fourth-order valence-corrected chi connectivity index (χ4v) is 3.00. The molecule has 2 aromatic rings. The minimum atomic E-state index is -3.73. The fourth-order valence-electron chi connectivity index (χ4n) is 1.62. The van der Waals surface area contributed by atoms with Crippen LogP contribution in [0.4, 0.5) is 5.69 Å². The first kappa shape index (κ1) is 15.6. The van der Waals surface area contributed by atoms with Crippen LogP contribution in [-0.4, -0.2) is 27.6 Å². The molecule has 1 aromatic carbocycles. The van der Waals surface area contributed by atoms with Gasteiger partial charge in [0.25, 0.3) is 10.0 Å². The third-order valence-corrected chi connectivity index (χ3v) is 4.44. The molecule has 21 heavy (non-hydrogen) atoms. The van der Waals surface area contributed by atoms with Crippen LogP contribution in [0.25, 0.3) is 0 Å². The van der Waals surface area contributed by atoms with Crippen LogP contribution in [0.5, 0.6) is 11.6 Å². The van der Waals surface area contributed by atoms with Gasteiger partial charge in [-0.2, -0.15) is 0 Å². The second-order valence-electron chi connectivity index (χ2n) is 3.99. The number of halogens is 1. The van der Waals surface area contributed by atoms with E-state index in [1.54, 1.807) is 18.2 Å². The Hall–Kier alpha value is -1.80. The predicted octanol–water partition coefficient (Wildman–Crippen LogP) is 2.66. The number of benzene rings is 1. The van der Waals surface area contributed by atoms with E-state index in [4.69, 9.17) is 9.47 Å². The van der Waals surface area contributed by atoms with Crippen LogP contribution in [0, 0.1) is 0 Å². The fraction of sp³-hybridized carbons (Fsp3) is 0.154. The van der Waals surface area contributed by atoms with Gasteiger partial charge in [0, 0.05) is 10.7 Å². The number of hydrogen-bond acceptors (Lipinski definition) is 5. The highest BCUT2D eigenvalue weighted by molar-refractivity contribution is 9.10. The van der Waals surface area contributed by atoms with Crippen molar-refractivity contribution in [1.29, 1.82) is 0 Å². The maximum Gasteiger partial charge on any atom is 0.262 e. The quantitative estimate of drug-likeness (QED) is 0.872. The first-order valence-electron chi connectivity index (χ1n) is 5.82. The van der Waals surface area contributed by atoms with Crippen LogP contribution in [0.1, 0.15) is 0 Å². The number of aromatic nitrogens is 1. The monoisotopic (exact) mass is 372 g/mol. The van der Waals surface area contributed by atoms with E-state index in [9.17, 15) is 8.42 Å². The maximum absolute atomic E-state index is 12.3. The van der Waals surface area contributed by atoms with Gasteiger partial charge in [-0.15, -0.1) is 0 Å². The Labute approximate surface area is 131 Å². The molecule has 8 heteroatoms. The zero-order valence-electron chi connectivity index (χ0n) is 11.3. The molecule has 0 saturated carbocycles. The minimum Gasteiger partial charge on any atom is -0.497 e. The summed E-state index contributed by atoms with van der Waals surface area (Å²) in [4.78, 5) is 4.10. The Kier molecular flexibility index (Phi) is 4.69. The highest BCUT2D eigenvalue weighted by Gasteiger charge is 2.17. The van der Waals surface area contributed by atoms with E-state index in [0.717, 1.165) is 0 Å². The van der Waals surface area contributed by atoms with Gasteiger partial charge in [-0.25, -0.2) is 13.4 Å². The van der Waals surface area contributed by atoms with Crippen molar-refractivity contribution in [2.75, 3.05) is 18.9 Å².